The maximum atomic E-state index is 13.4. The number of hydrogen-bond donors (Lipinski definition) is 3. The molecule has 1 atom stereocenters. The molecule has 0 amide bonds. The molecule has 0 bridgehead atoms. The fourth-order valence-corrected chi connectivity index (χ4v) is 3.39. The topological polar surface area (TPSA) is 73.0 Å². The van der Waals surface area contributed by atoms with Crippen LogP contribution < -0.4 is 10.6 Å². The normalized spacial score (nSPS) is 16.7. The molecule has 2 heterocycles. The summed E-state index contributed by atoms with van der Waals surface area (Å²) in [6.07, 6.45) is 2.57. The standard InChI is InChI=1S/C21H28F2N4O2.HI/c1-2-24-21(25-13-19(28)20-4-3-11-29-20)26-16-7-9-27(10-8-16)14-15-5-6-17(22)18(23)12-15;/h3-6,11-12,16,19,28H,2,7-10,13-14H2,1H3,(H2,24,25,26);1H. The van der Waals surface area contributed by atoms with Crippen LogP contribution >= 0.6 is 24.0 Å². The molecule has 0 spiro atoms. The van der Waals surface area contributed by atoms with Crippen LogP contribution in [0.2, 0.25) is 0 Å². The summed E-state index contributed by atoms with van der Waals surface area (Å²) in [5.74, 6) is -0.460. The Bertz CT molecular complexity index is 796. The molecule has 0 saturated carbocycles. The highest BCUT2D eigenvalue weighted by Gasteiger charge is 2.20. The predicted octanol–water partition coefficient (Wildman–Crippen LogP) is 3.43. The molecule has 9 heteroatoms. The number of nitrogens with one attached hydrogen (secondary N) is 2. The fraction of sp³-hybridized carbons (Fsp3) is 0.476. The molecule has 3 N–H and O–H groups in total. The number of nitrogens with zero attached hydrogens (tertiary/aromatic N) is 2. The van der Waals surface area contributed by atoms with Gasteiger partial charge in [0.25, 0.3) is 0 Å². The molecule has 0 radical (unpaired) electrons. The SMILES string of the molecule is CCNC(=NCC(O)c1ccco1)NC1CCN(Cc2ccc(F)c(F)c2)CC1.I. The maximum absolute atomic E-state index is 13.4. The molecule has 1 unspecified atom stereocenters. The summed E-state index contributed by atoms with van der Waals surface area (Å²) >= 11 is 0. The number of likely N-dealkylation sites (tertiary alicyclic amines) is 1. The number of furan rings is 1. The maximum Gasteiger partial charge on any atom is 0.191 e. The van der Waals surface area contributed by atoms with Gasteiger partial charge in [-0.05, 0) is 49.6 Å². The zero-order valence-electron chi connectivity index (χ0n) is 17.0. The van der Waals surface area contributed by atoms with Gasteiger partial charge in [-0.25, -0.2) is 8.78 Å². The van der Waals surface area contributed by atoms with Crippen molar-refractivity contribution < 1.29 is 18.3 Å². The van der Waals surface area contributed by atoms with E-state index in [1.54, 1.807) is 18.2 Å². The van der Waals surface area contributed by atoms with Crippen LogP contribution in [0.15, 0.2) is 46.0 Å². The summed E-state index contributed by atoms with van der Waals surface area (Å²) in [5, 5.41) is 16.7. The second-order valence-corrected chi connectivity index (χ2v) is 7.19. The molecule has 1 aromatic carbocycles. The van der Waals surface area contributed by atoms with Gasteiger partial charge in [0, 0.05) is 32.2 Å². The average Bonchev–Trinajstić information content (AvgIpc) is 3.25. The van der Waals surface area contributed by atoms with E-state index in [0.29, 0.717) is 18.3 Å². The summed E-state index contributed by atoms with van der Waals surface area (Å²) in [7, 11) is 0. The van der Waals surface area contributed by atoms with Crippen LogP contribution in [0.25, 0.3) is 0 Å². The molecule has 3 rings (SSSR count). The van der Waals surface area contributed by atoms with Gasteiger partial charge in [-0.2, -0.15) is 0 Å². The third-order valence-corrected chi connectivity index (χ3v) is 4.96. The minimum Gasteiger partial charge on any atom is -0.467 e. The van der Waals surface area contributed by atoms with E-state index in [4.69, 9.17) is 4.42 Å². The molecule has 1 saturated heterocycles. The Kier molecular flexibility index (Phi) is 9.99. The Balaban J connectivity index is 0.00000320. The van der Waals surface area contributed by atoms with Gasteiger partial charge in [-0.3, -0.25) is 9.89 Å². The summed E-state index contributed by atoms with van der Waals surface area (Å²) in [4.78, 5) is 6.69. The van der Waals surface area contributed by atoms with E-state index in [-0.39, 0.29) is 36.6 Å². The molecule has 1 aliphatic rings. The van der Waals surface area contributed by atoms with Crippen LogP contribution in [0.5, 0.6) is 0 Å². The van der Waals surface area contributed by atoms with Gasteiger partial charge in [0.1, 0.15) is 11.9 Å². The molecular weight excluding hydrogens is 505 g/mol. The zero-order chi connectivity index (χ0) is 20.6. The van der Waals surface area contributed by atoms with Gasteiger partial charge in [-0.1, -0.05) is 6.07 Å². The van der Waals surface area contributed by atoms with Crippen LogP contribution in [0.1, 0.15) is 37.2 Å². The molecule has 166 valence electrons. The van der Waals surface area contributed by atoms with Crippen molar-refractivity contribution in [2.45, 2.75) is 38.5 Å². The third kappa shape index (κ3) is 7.21. The Hall–Kier alpha value is -1.72. The van der Waals surface area contributed by atoms with Gasteiger partial charge >= 0.3 is 0 Å². The number of piperidine rings is 1. The number of aliphatic hydroxyl groups is 1. The first-order valence-corrected chi connectivity index (χ1v) is 9.97. The number of aliphatic hydroxyl groups excluding tert-OH is 1. The van der Waals surface area contributed by atoms with E-state index < -0.39 is 17.7 Å². The lowest BCUT2D eigenvalue weighted by atomic mass is 10.0. The number of guanidine groups is 1. The second kappa shape index (κ2) is 12.2. The van der Waals surface area contributed by atoms with Crippen molar-refractivity contribution in [3.63, 3.8) is 0 Å². The Morgan fingerprint density at radius 2 is 2.03 bits per heavy atom. The average molecular weight is 534 g/mol. The Morgan fingerprint density at radius 1 is 1.27 bits per heavy atom. The lowest BCUT2D eigenvalue weighted by Gasteiger charge is -2.33. The number of hydrogen-bond acceptors (Lipinski definition) is 4. The highest BCUT2D eigenvalue weighted by atomic mass is 127. The van der Waals surface area contributed by atoms with E-state index in [9.17, 15) is 13.9 Å². The second-order valence-electron chi connectivity index (χ2n) is 7.19. The van der Waals surface area contributed by atoms with Crippen LogP contribution in [0.3, 0.4) is 0 Å². The lowest BCUT2D eigenvalue weighted by Crippen LogP contribution is -2.48. The van der Waals surface area contributed by atoms with Crippen molar-refractivity contribution in [3.8, 4) is 0 Å². The van der Waals surface area contributed by atoms with Crippen molar-refractivity contribution in [3.05, 3.63) is 59.6 Å². The van der Waals surface area contributed by atoms with E-state index in [1.165, 1.54) is 18.4 Å². The number of rotatable bonds is 7. The quantitative estimate of drug-likeness (QED) is 0.289. The van der Waals surface area contributed by atoms with Gasteiger partial charge in [0.15, 0.2) is 17.6 Å². The highest BCUT2D eigenvalue weighted by molar-refractivity contribution is 14.0. The molecule has 1 aromatic heterocycles. The zero-order valence-corrected chi connectivity index (χ0v) is 19.3. The smallest absolute Gasteiger partial charge is 0.191 e. The van der Waals surface area contributed by atoms with Gasteiger partial charge in [0.2, 0.25) is 0 Å². The fourth-order valence-electron chi connectivity index (χ4n) is 3.39. The van der Waals surface area contributed by atoms with E-state index in [0.717, 1.165) is 38.0 Å². The molecule has 0 aliphatic carbocycles. The van der Waals surface area contributed by atoms with Crippen molar-refractivity contribution in [2.75, 3.05) is 26.2 Å². The molecular formula is C21H29F2IN4O2. The number of benzene rings is 1. The van der Waals surface area contributed by atoms with E-state index in [2.05, 4.69) is 20.5 Å². The monoisotopic (exact) mass is 534 g/mol. The van der Waals surface area contributed by atoms with Crippen molar-refractivity contribution in [1.29, 1.82) is 0 Å². The molecule has 2 aromatic rings. The number of aliphatic imine (C=N–C) groups is 1. The largest absolute Gasteiger partial charge is 0.467 e. The van der Waals surface area contributed by atoms with E-state index in [1.807, 2.05) is 6.92 Å². The summed E-state index contributed by atoms with van der Waals surface area (Å²) < 4.78 is 31.7. The van der Waals surface area contributed by atoms with E-state index >= 15 is 0 Å². The van der Waals surface area contributed by atoms with Gasteiger partial charge in [0.05, 0.1) is 12.8 Å². The summed E-state index contributed by atoms with van der Waals surface area (Å²) in [6.45, 7) is 5.23. The minimum absolute atomic E-state index is 0. The molecule has 30 heavy (non-hydrogen) atoms. The third-order valence-electron chi connectivity index (χ3n) is 4.96. The number of halogens is 3. The van der Waals surface area contributed by atoms with Crippen LogP contribution in [-0.2, 0) is 6.54 Å². The minimum atomic E-state index is -0.816. The molecule has 1 fully saturated rings. The van der Waals surface area contributed by atoms with Crippen molar-refractivity contribution >= 4 is 29.9 Å². The Labute approximate surface area is 192 Å². The van der Waals surface area contributed by atoms with Crippen LogP contribution in [0, 0.1) is 11.6 Å². The lowest BCUT2D eigenvalue weighted by molar-refractivity contribution is 0.158. The highest BCUT2D eigenvalue weighted by Crippen LogP contribution is 2.16. The summed E-state index contributed by atoms with van der Waals surface area (Å²) in [6, 6.07) is 7.79. The molecule has 6 nitrogen and oxygen atoms in total. The first-order valence-electron chi connectivity index (χ1n) is 9.97. The van der Waals surface area contributed by atoms with Crippen LogP contribution in [-0.4, -0.2) is 48.2 Å². The van der Waals surface area contributed by atoms with Crippen molar-refractivity contribution in [2.24, 2.45) is 4.99 Å². The molecule has 1 aliphatic heterocycles. The first-order chi connectivity index (χ1) is 14.0. The Morgan fingerprint density at radius 3 is 2.67 bits per heavy atom. The van der Waals surface area contributed by atoms with Crippen molar-refractivity contribution in [1.82, 2.24) is 15.5 Å². The summed E-state index contributed by atoms with van der Waals surface area (Å²) in [5.41, 5.74) is 0.775. The van der Waals surface area contributed by atoms with Crippen LogP contribution in [0.4, 0.5) is 8.78 Å². The van der Waals surface area contributed by atoms with Gasteiger partial charge < -0.3 is 20.2 Å². The predicted molar refractivity (Wildman–Crippen MR) is 123 cm³/mol. The van der Waals surface area contributed by atoms with Gasteiger partial charge in [-0.15, -0.1) is 24.0 Å². The first kappa shape index (κ1) is 24.5.